The molecule has 0 aliphatic carbocycles. The van der Waals surface area contributed by atoms with Crippen molar-refractivity contribution < 1.29 is 4.39 Å². The normalized spacial score (nSPS) is 12.4. The van der Waals surface area contributed by atoms with E-state index < -0.39 is 0 Å². The van der Waals surface area contributed by atoms with Crippen molar-refractivity contribution >= 4 is 0 Å². The average molecular weight is 257 g/mol. The lowest BCUT2D eigenvalue weighted by Gasteiger charge is -2.10. The van der Waals surface area contributed by atoms with E-state index in [1.807, 2.05) is 12.1 Å². The predicted molar refractivity (Wildman–Crippen MR) is 77.9 cm³/mol. The van der Waals surface area contributed by atoms with Gasteiger partial charge < -0.3 is 5.73 Å². The van der Waals surface area contributed by atoms with Gasteiger partial charge in [-0.2, -0.15) is 0 Å². The summed E-state index contributed by atoms with van der Waals surface area (Å²) in [6.07, 6.45) is 0.832. The third-order valence-corrected chi connectivity index (χ3v) is 3.53. The van der Waals surface area contributed by atoms with Crippen molar-refractivity contribution in [2.45, 2.75) is 26.2 Å². The van der Waals surface area contributed by atoms with Gasteiger partial charge in [0.05, 0.1) is 0 Å². The summed E-state index contributed by atoms with van der Waals surface area (Å²) in [6.45, 7) is 4.58. The molecular weight excluding hydrogens is 237 g/mol. The molecule has 2 rings (SSSR count). The van der Waals surface area contributed by atoms with Crippen LogP contribution in [0.4, 0.5) is 4.39 Å². The van der Waals surface area contributed by atoms with E-state index >= 15 is 0 Å². The third-order valence-electron chi connectivity index (χ3n) is 3.53. The summed E-state index contributed by atoms with van der Waals surface area (Å²) in [5.41, 5.74) is 10.00. The molecule has 2 aromatic rings. The minimum absolute atomic E-state index is 0.143. The number of halogens is 1. The van der Waals surface area contributed by atoms with E-state index in [9.17, 15) is 4.39 Å². The molecule has 0 heterocycles. The van der Waals surface area contributed by atoms with Crippen molar-refractivity contribution in [1.29, 1.82) is 0 Å². The second-order valence-electron chi connectivity index (χ2n) is 5.14. The molecule has 1 unspecified atom stereocenters. The first-order valence-electron chi connectivity index (χ1n) is 6.64. The highest BCUT2D eigenvalue weighted by Gasteiger charge is 2.04. The second kappa shape index (κ2) is 5.98. The fraction of sp³-hybridized carbons (Fsp3) is 0.294. The Balaban J connectivity index is 2.12. The lowest BCUT2D eigenvalue weighted by molar-refractivity contribution is 0.618. The molecule has 0 fully saturated rings. The van der Waals surface area contributed by atoms with Gasteiger partial charge in [-0.05, 0) is 54.1 Å². The molecule has 0 bridgehead atoms. The van der Waals surface area contributed by atoms with Crippen LogP contribution in [0.5, 0.6) is 0 Å². The van der Waals surface area contributed by atoms with Gasteiger partial charge in [-0.3, -0.25) is 0 Å². The fourth-order valence-corrected chi connectivity index (χ4v) is 2.15. The number of benzene rings is 2. The van der Waals surface area contributed by atoms with Crippen molar-refractivity contribution in [3.05, 3.63) is 70.5 Å². The molecule has 19 heavy (non-hydrogen) atoms. The maximum atomic E-state index is 13.2. The van der Waals surface area contributed by atoms with Gasteiger partial charge in [0.2, 0.25) is 0 Å². The Hall–Kier alpha value is -1.67. The molecule has 0 aliphatic heterocycles. The number of aryl methyl sites for hydroxylation is 1. The van der Waals surface area contributed by atoms with Crippen molar-refractivity contribution in [1.82, 2.24) is 0 Å². The van der Waals surface area contributed by atoms with Crippen LogP contribution in [0.15, 0.2) is 42.5 Å². The van der Waals surface area contributed by atoms with E-state index in [-0.39, 0.29) is 5.82 Å². The van der Waals surface area contributed by atoms with Crippen LogP contribution in [-0.4, -0.2) is 6.54 Å². The summed E-state index contributed by atoms with van der Waals surface area (Å²) in [5, 5.41) is 0. The Morgan fingerprint density at radius 2 is 1.68 bits per heavy atom. The van der Waals surface area contributed by atoms with Gasteiger partial charge in [0.25, 0.3) is 0 Å². The number of hydrogen-bond acceptors (Lipinski definition) is 1. The van der Waals surface area contributed by atoms with Gasteiger partial charge in [-0.25, -0.2) is 4.39 Å². The minimum atomic E-state index is -0.143. The Bertz CT molecular complexity index is 546. The third kappa shape index (κ3) is 3.42. The molecule has 0 aliphatic rings. The maximum Gasteiger partial charge on any atom is 0.126 e. The summed E-state index contributed by atoms with van der Waals surface area (Å²) >= 11 is 0. The Morgan fingerprint density at radius 3 is 2.26 bits per heavy atom. The van der Waals surface area contributed by atoms with E-state index in [4.69, 9.17) is 5.73 Å². The van der Waals surface area contributed by atoms with Crippen LogP contribution in [0.25, 0.3) is 0 Å². The van der Waals surface area contributed by atoms with Crippen molar-refractivity contribution in [3.63, 3.8) is 0 Å². The van der Waals surface area contributed by atoms with Crippen LogP contribution in [0, 0.1) is 12.7 Å². The smallest absolute Gasteiger partial charge is 0.126 e. The predicted octanol–water partition coefficient (Wildman–Crippen LogP) is 3.79. The lowest BCUT2D eigenvalue weighted by Crippen LogP contribution is -2.08. The molecule has 2 N–H and O–H groups in total. The highest BCUT2D eigenvalue weighted by atomic mass is 19.1. The Kier molecular flexibility index (Phi) is 4.33. The highest BCUT2D eigenvalue weighted by molar-refractivity contribution is 5.32. The molecular formula is C17H20FN. The van der Waals surface area contributed by atoms with E-state index in [0.29, 0.717) is 18.0 Å². The monoisotopic (exact) mass is 257 g/mol. The van der Waals surface area contributed by atoms with Gasteiger partial charge in [0.1, 0.15) is 5.82 Å². The number of rotatable bonds is 4. The van der Waals surface area contributed by atoms with Crippen LogP contribution in [0.2, 0.25) is 0 Å². The molecule has 1 atom stereocenters. The summed E-state index contributed by atoms with van der Waals surface area (Å²) in [6, 6.07) is 13.8. The van der Waals surface area contributed by atoms with Gasteiger partial charge in [0.15, 0.2) is 0 Å². The van der Waals surface area contributed by atoms with Crippen LogP contribution in [-0.2, 0) is 6.42 Å². The van der Waals surface area contributed by atoms with E-state index in [2.05, 4.69) is 31.2 Å². The van der Waals surface area contributed by atoms with Gasteiger partial charge in [-0.15, -0.1) is 0 Å². The van der Waals surface area contributed by atoms with Crippen LogP contribution in [0.1, 0.15) is 35.1 Å². The fourth-order valence-electron chi connectivity index (χ4n) is 2.15. The molecule has 0 amide bonds. The van der Waals surface area contributed by atoms with E-state index in [1.54, 1.807) is 6.92 Å². The Labute approximate surface area is 114 Å². The number of nitrogens with two attached hydrogens (primary N) is 1. The quantitative estimate of drug-likeness (QED) is 0.886. The second-order valence-corrected chi connectivity index (χ2v) is 5.14. The molecule has 1 nitrogen and oxygen atoms in total. The average Bonchev–Trinajstić information content (AvgIpc) is 2.43. The summed E-state index contributed by atoms with van der Waals surface area (Å²) in [7, 11) is 0. The molecule has 0 spiro atoms. The van der Waals surface area contributed by atoms with Crippen LogP contribution < -0.4 is 5.73 Å². The van der Waals surface area contributed by atoms with E-state index in [1.165, 1.54) is 17.2 Å². The SMILES string of the molecule is Cc1cc(Cc2ccc(C(C)CN)cc2)ccc1F. The molecule has 0 saturated carbocycles. The first-order valence-corrected chi connectivity index (χ1v) is 6.64. The summed E-state index contributed by atoms with van der Waals surface area (Å²) < 4.78 is 13.2. The summed E-state index contributed by atoms with van der Waals surface area (Å²) in [5.74, 6) is 0.248. The largest absolute Gasteiger partial charge is 0.330 e. The first-order chi connectivity index (χ1) is 9.10. The lowest BCUT2D eigenvalue weighted by atomic mass is 9.97. The molecule has 0 aromatic heterocycles. The van der Waals surface area contributed by atoms with Crippen molar-refractivity contribution in [3.8, 4) is 0 Å². The summed E-state index contributed by atoms with van der Waals surface area (Å²) in [4.78, 5) is 0. The maximum absolute atomic E-state index is 13.2. The minimum Gasteiger partial charge on any atom is -0.330 e. The standard InChI is InChI=1S/C17H20FN/c1-12-9-15(5-8-17(12)18)10-14-3-6-16(7-4-14)13(2)11-19/h3-9,13H,10-11,19H2,1-2H3. The van der Waals surface area contributed by atoms with Gasteiger partial charge >= 0.3 is 0 Å². The number of hydrogen-bond donors (Lipinski definition) is 1. The topological polar surface area (TPSA) is 26.0 Å². The first kappa shape index (κ1) is 13.8. The molecule has 100 valence electrons. The van der Waals surface area contributed by atoms with Crippen molar-refractivity contribution in [2.24, 2.45) is 5.73 Å². The Morgan fingerprint density at radius 1 is 1.05 bits per heavy atom. The zero-order chi connectivity index (χ0) is 13.8. The molecule has 0 saturated heterocycles. The molecule has 2 aromatic carbocycles. The zero-order valence-electron chi connectivity index (χ0n) is 11.5. The highest BCUT2D eigenvalue weighted by Crippen LogP contribution is 2.17. The van der Waals surface area contributed by atoms with Gasteiger partial charge in [0, 0.05) is 0 Å². The molecule has 2 heteroatoms. The van der Waals surface area contributed by atoms with Crippen molar-refractivity contribution in [2.75, 3.05) is 6.54 Å². The van der Waals surface area contributed by atoms with E-state index in [0.717, 1.165) is 12.0 Å². The van der Waals surface area contributed by atoms with Crippen LogP contribution in [0.3, 0.4) is 0 Å². The zero-order valence-corrected chi connectivity index (χ0v) is 11.5. The molecule has 0 radical (unpaired) electrons. The van der Waals surface area contributed by atoms with Crippen LogP contribution >= 0.6 is 0 Å². The van der Waals surface area contributed by atoms with Gasteiger partial charge in [-0.1, -0.05) is 43.3 Å².